The van der Waals surface area contributed by atoms with Crippen molar-refractivity contribution in [2.24, 2.45) is 0 Å². The standard InChI is InChI=1S/C21H25FN6O/c1-28-10-6-5-9-17(28)18(13-7-3-2-4-8-13)25-21(29)24-14-11-15-19(16(22)12-14)26-27-20(15)23/h2-4,7-8,11-12,17-18H,5-6,9-10H2,1H3,(H3,23,26,27)(H2,24,25,29)/t17-,18?/m1/s1. The number of hydrogen-bond donors (Lipinski definition) is 4. The van der Waals surface area contributed by atoms with Crippen molar-refractivity contribution >= 4 is 28.4 Å². The van der Waals surface area contributed by atoms with Gasteiger partial charge in [-0.15, -0.1) is 0 Å². The van der Waals surface area contributed by atoms with E-state index in [2.05, 4.69) is 32.8 Å². The number of anilines is 2. The normalized spacial score (nSPS) is 18.5. The number of amides is 2. The lowest BCUT2D eigenvalue weighted by Gasteiger charge is -2.38. The number of nitrogens with one attached hydrogen (secondary N) is 3. The van der Waals surface area contributed by atoms with Gasteiger partial charge in [0.2, 0.25) is 0 Å². The first-order valence-corrected chi connectivity index (χ1v) is 9.78. The van der Waals surface area contributed by atoms with Crippen LogP contribution in [-0.4, -0.2) is 40.8 Å². The number of likely N-dealkylation sites (N-methyl/N-ethyl adjacent to an activating group) is 1. The third-order valence-electron chi connectivity index (χ3n) is 5.57. The molecule has 2 heterocycles. The molecular formula is C21H25FN6O. The highest BCUT2D eigenvalue weighted by molar-refractivity contribution is 5.96. The molecule has 8 heteroatoms. The smallest absolute Gasteiger partial charge is 0.319 e. The van der Waals surface area contributed by atoms with E-state index in [0.29, 0.717) is 11.1 Å². The second kappa shape index (κ2) is 8.08. The van der Waals surface area contributed by atoms with E-state index in [-0.39, 0.29) is 23.4 Å². The molecule has 2 atom stereocenters. The number of halogens is 1. The minimum atomic E-state index is -0.520. The molecule has 0 saturated carbocycles. The van der Waals surface area contributed by atoms with E-state index in [4.69, 9.17) is 5.73 Å². The van der Waals surface area contributed by atoms with Crippen LogP contribution in [0.5, 0.6) is 0 Å². The van der Waals surface area contributed by atoms with Gasteiger partial charge in [0.15, 0.2) is 11.6 Å². The van der Waals surface area contributed by atoms with Crippen LogP contribution in [0.2, 0.25) is 0 Å². The molecule has 0 spiro atoms. The van der Waals surface area contributed by atoms with Crippen molar-refractivity contribution in [3.05, 3.63) is 53.8 Å². The molecule has 1 aliphatic rings. The highest BCUT2D eigenvalue weighted by atomic mass is 19.1. The molecule has 0 aliphatic carbocycles. The molecule has 152 valence electrons. The topological polar surface area (TPSA) is 99.1 Å². The quantitative estimate of drug-likeness (QED) is 0.541. The molecule has 5 N–H and O–H groups in total. The van der Waals surface area contributed by atoms with Gasteiger partial charge in [0, 0.05) is 17.1 Å². The summed E-state index contributed by atoms with van der Waals surface area (Å²) in [5.74, 6) is -0.331. The number of carbonyl (C=O) groups excluding carboxylic acids is 1. The van der Waals surface area contributed by atoms with Crippen molar-refractivity contribution in [1.82, 2.24) is 20.4 Å². The fourth-order valence-corrected chi connectivity index (χ4v) is 4.06. The fourth-order valence-electron chi connectivity index (χ4n) is 4.06. The minimum Gasteiger partial charge on any atom is -0.382 e. The van der Waals surface area contributed by atoms with Gasteiger partial charge in [-0.1, -0.05) is 36.8 Å². The van der Waals surface area contributed by atoms with Crippen molar-refractivity contribution in [3.8, 4) is 0 Å². The second-order valence-corrected chi connectivity index (χ2v) is 7.52. The minimum absolute atomic E-state index is 0.172. The Morgan fingerprint density at radius 1 is 1.31 bits per heavy atom. The Balaban J connectivity index is 1.56. The molecule has 0 radical (unpaired) electrons. The molecule has 1 aliphatic heterocycles. The average molecular weight is 396 g/mol. The number of hydrogen-bond acceptors (Lipinski definition) is 4. The maximum Gasteiger partial charge on any atom is 0.319 e. The molecule has 3 aromatic rings. The molecule has 2 amide bonds. The van der Waals surface area contributed by atoms with Gasteiger partial charge in [-0.2, -0.15) is 5.10 Å². The Bertz CT molecular complexity index is 1010. The molecule has 29 heavy (non-hydrogen) atoms. The summed E-state index contributed by atoms with van der Waals surface area (Å²) in [5.41, 5.74) is 7.36. The molecule has 1 saturated heterocycles. The van der Waals surface area contributed by atoms with E-state index in [1.54, 1.807) is 6.07 Å². The lowest BCUT2D eigenvalue weighted by molar-refractivity contribution is 0.147. The van der Waals surface area contributed by atoms with E-state index in [1.807, 2.05) is 30.3 Å². The van der Waals surface area contributed by atoms with Gasteiger partial charge in [0.25, 0.3) is 0 Å². The van der Waals surface area contributed by atoms with E-state index in [0.717, 1.165) is 31.4 Å². The summed E-state index contributed by atoms with van der Waals surface area (Å²) in [6.07, 6.45) is 3.29. The van der Waals surface area contributed by atoms with Crippen molar-refractivity contribution in [1.29, 1.82) is 0 Å². The molecule has 1 fully saturated rings. The monoisotopic (exact) mass is 396 g/mol. The van der Waals surface area contributed by atoms with Crippen LogP contribution in [0, 0.1) is 5.82 Å². The number of nitrogens with two attached hydrogens (primary N) is 1. The Morgan fingerprint density at radius 2 is 2.10 bits per heavy atom. The number of nitrogens with zero attached hydrogens (tertiary/aromatic N) is 2. The van der Waals surface area contributed by atoms with Crippen molar-refractivity contribution in [2.75, 3.05) is 24.6 Å². The van der Waals surface area contributed by atoms with Crippen LogP contribution in [0.15, 0.2) is 42.5 Å². The van der Waals surface area contributed by atoms with Crippen LogP contribution in [0.25, 0.3) is 10.9 Å². The number of likely N-dealkylation sites (tertiary alicyclic amines) is 1. The first kappa shape index (κ1) is 19.2. The lowest BCUT2D eigenvalue weighted by atomic mass is 9.91. The third kappa shape index (κ3) is 4.02. The predicted octanol–water partition coefficient (Wildman–Crippen LogP) is 3.63. The lowest BCUT2D eigenvalue weighted by Crippen LogP contribution is -2.48. The maximum atomic E-state index is 14.3. The summed E-state index contributed by atoms with van der Waals surface area (Å²) in [5, 5.41) is 12.6. The number of aromatic amines is 1. The number of fused-ring (bicyclic) bond motifs is 1. The van der Waals surface area contributed by atoms with Crippen LogP contribution >= 0.6 is 0 Å². The Kier molecular flexibility index (Phi) is 5.35. The largest absolute Gasteiger partial charge is 0.382 e. The molecule has 4 rings (SSSR count). The molecular weight excluding hydrogens is 371 g/mol. The Morgan fingerprint density at radius 3 is 2.86 bits per heavy atom. The number of benzene rings is 2. The van der Waals surface area contributed by atoms with Crippen LogP contribution in [0.3, 0.4) is 0 Å². The molecule has 1 aromatic heterocycles. The summed E-state index contributed by atoms with van der Waals surface area (Å²) < 4.78 is 14.3. The summed E-state index contributed by atoms with van der Waals surface area (Å²) in [7, 11) is 2.09. The number of rotatable bonds is 4. The summed E-state index contributed by atoms with van der Waals surface area (Å²) in [6, 6.07) is 12.4. The molecule has 0 bridgehead atoms. The summed E-state index contributed by atoms with van der Waals surface area (Å²) >= 11 is 0. The maximum absolute atomic E-state index is 14.3. The molecule has 7 nitrogen and oxygen atoms in total. The number of urea groups is 1. The van der Waals surface area contributed by atoms with Crippen molar-refractivity contribution in [2.45, 2.75) is 31.3 Å². The van der Waals surface area contributed by atoms with Crippen molar-refractivity contribution < 1.29 is 9.18 Å². The Hall–Kier alpha value is -3.13. The van der Waals surface area contributed by atoms with Gasteiger partial charge in [-0.05, 0) is 44.1 Å². The highest BCUT2D eigenvalue weighted by Crippen LogP contribution is 2.29. The number of nitrogen functional groups attached to an aromatic ring is 1. The zero-order chi connectivity index (χ0) is 20.4. The predicted molar refractivity (Wildman–Crippen MR) is 112 cm³/mol. The number of H-pyrrole nitrogens is 1. The average Bonchev–Trinajstić information content (AvgIpc) is 3.09. The fraction of sp³-hybridized carbons (Fsp3) is 0.333. The van der Waals surface area contributed by atoms with Gasteiger partial charge < -0.3 is 21.3 Å². The third-order valence-corrected chi connectivity index (χ3v) is 5.57. The summed E-state index contributed by atoms with van der Waals surface area (Å²) in [6.45, 7) is 0.999. The number of piperidine rings is 1. The van der Waals surface area contributed by atoms with Crippen LogP contribution in [0.1, 0.15) is 30.9 Å². The van der Waals surface area contributed by atoms with E-state index in [9.17, 15) is 9.18 Å². The summed E-state index contributed by atoms with van der Waals surface area (Å²) in [4.78, 5) is 15.1. The van der Waals surface area contributed by atoms with E-state index < -0.39 is 11.8 Å². The van der Waals surface area contributed by atoms with Gasteiger partial charge in [-0.3, -0.25) is 5.10 Å². The van der Waals surface area contributed by atoms with E-state index >= 15 is 0 Å². The molecule has 2 aromatic carbocycles. The van der Waals surface area contributed by atoms with Gasteiger partial charge in [0.1, 0.15) is 5.52 Å². The second-order valence-electron chi connectivity index (χ2n) is 7.52. The van der Waals surface area contributed by atoms with Crippen LogP contribution in [-0.2, 0) is 0 Å². The van der Waals surface area contributed by atoms with E-state index in [1.165, 1.54) is 6.07 Å². The SMILES string of the molecule is CN1CCCC[C@@H]1C(NC(=O)Nc1cc(F)c2[nH]nc(N)c2c1)c1ccccc1. The zero-order valence-corrected chi connectivity index (χ0v) is 16.3. The number of carbonyl (C=O) groups is 1. The van der Waals surface area contributed by atoms with Crippen molar-refractivity contribution in [3.63, 3.8) is 0 Å². The zero-order valence-electron chi connectivity index (χ0n) is 16.3. The number of aromatic nitrogens is 2. The van der Waals surface area contributed by atoms with Crippen LogP contribution in [0.4, 0.5) is 20.7 Å². The first-order valence-electron chi connectivity index (χ1n) is 9.78. The van der Waals surface area contributed by atoms with Gasteiger partial charge >= 0.3 is 6.03 Å². The molecule has 1 unspecified atom stereocenters. The van der Waals surface area contributed by atoms with Crippen LogP contribution < -0.4 is 16.4 Å². The highest BCUT2D eigenvalue weighted by Gasteiger charge is 2.30. The Labute approximate surface area is 168 Å². The first-order chi connectivity index (χ1) is 14.0. The van der Waals surface area contributed by atoms with Gasteiger partial charge in [-0.25, -0.2) is 9.18 Å². The van der Waals surface area contributed by atoms with Gasteiger partial charge in [0.05, 0.1) is 6.04 Å².